The highest BCUT2D eigenvalue weighted by Gasteiger charge is 2.24. The van der Waals surface area contributed by atoms with Crippen molar-refractivity contribution >= 4 is 0 Å². The largest absolute Gasteiger partial charge is 0.508 e. The SMILES string of the molecule is CCCc1cc(-c2ccc3c(c2-c2ccc(O)c(CCC)c2)Cc2ccccc2-3)ccc1O. The summed E-state index contributed by atoms with van der Waals surface area (Å²) in [7, 11) is 0. The zero-order valence-electron chi connectivity index (χ0n) is 19.4. The summed E-state index contributed by atoms with van der Waals surface area (Å²) < 4.78 is 0. The zero-order chi connectivity index (χ0) is 22.9. The van der Waals surface area contributed by atoms with E-state index < -0.39 is 0 Å². The average molecular weight is 435 g/mol. The van der Waals surface area contributed by atoms with Gasteiger partial charge in [-0.15, -0.1) is 0 Å². The quantitative estimate of drug-likeness (QED) is 0.285. The van der Waals surface area contributed by atoms with Crippen molar-refractivity contribution in [2.75, 3.05) is 0 Å². The van der Waals surface area contributed by atoms with Crippen LogP contribution in [0.15, 0.2) is 72.8 Å². The van der Waals surface area contributed by atoms with Crippen molar-refractivity contribution in [2.24, 2.45) is 0 Å². The maximum Gasteiger partial charge on any atom is 0.118 e. The summed E-state index contributed by atoms with van der Waals surface area (Å²) in [4.78, 5) is 0. The van der Waals surface area contributed by atoms with E-state index in [1.165, 1.54) is 33.4 Å². The van der Waals surface area contributed by atoms with Crippen molar-refractivity contribution < 1.29 is 10.2 Å². The number of aryl methyl sites for hydroxylation is 2. The summed E-state index contributed by atoms with van der Waals surface area (Å²) in [6.07, 6.45) is 4.58. The van der Waals surface area contributed by atoms with Gasteiger partial charge >= 0.3 is 0 Å². The lowest BCUT2D eigenvalue weighted by molar-refractivity contribution is 0.467. The first-order valence-electron chi connectivity index (χ1n) is 12.0. The summed E-state index contributed by atoms with van der Waals surface area (Å²) in [5.41, 5.74) is 11.9. The normalized spacial score (nSPS) is 11.9. The molecular formula is C31H30O2. The van der Waals surface area contributed by atoms with E-state index in [2.05, 4.69) is 62.4 Å². The molecule has 2 heteroatoms. The van der Waals surface area contributed by atoms with Crippen LogP contribution in [0.5, 0.6) is 11.5 Å². The van der Waals surface area contributed by atoms with Gasteiger partial charge in [-0.05, 0) is 99.2 Å². The Hall–Kier alpha value is -3.52. The summed E-state index contributed by atoms with van der Waals surface area (Å²) >= 11 is 0. The molecule has 0 unspecified atom stereocenters. The van der Waals surface area contributed by atoms with Gasteiger partial charge in [0.25, 0.3) is 0 Å². The Bertz CT molecular complexity index is 1330. The predicted molar refractivity (Wildman–Crippen MR) is 137 cm³/mol. The van der Waals surface area contributed by atoms with Crippen LogP contribution in [0.25, 0.3) is 33.4 Å². The molecule has 4 aromatic rings. The Morgan fingerprint density at radius 3 is 1.94 bits per heavy atom. The van der Waals surface area contributed by atoms with Gasteiger partial charge in [-0.25, -0.2) is 0 Å². The summed E-state index contributed by atoms with van der Waals surface area (Å²) in [6, 6.07) is 25.2. The van der Waals surface area contributed by atoms with Crippen LogP contribution < -0.4 is 0 Å². The molecule has 1 aliphatic rings. The Kier molecular flexibility index (Phi) is 5.68. The van der Waals surface area contributed by atoms with Gasteiger partial charge in [0, 0.05) is 0 Å². The van der Waals surface area contributed by atoms with Crippen molar-refractivity contribution in [3.05, 3.63) is 95.1 Å². The van der Waals surface area contributed by atoms with Crippen molar-refractivity contribution in [1.82, 2.24) is 0 Å². The number of hydrogen-bond donors (Lipinski definition) is 2. The Balaban J connectivity index is 1.76. The van der Waals surface area contributed by atoms with E-state index in [0.717, 1.165) is 54.4 Å². The molecule has 0 spiro atoms. The number of hydrogen-bond acceptors (Lipinski definition) is 2. The van der Waals surface area contributed by atoms with Crippen LogP contribution >= 0.6 is 0 Å². The highest BCUT2D eigenvalue weighted by molar-refractivity contribution is 5.94. The fourth-order valence-corrected chi connectivity index (χ4v) is 5.21. The molecule has 0 aliphatic heterocycles. The minimum Gasteiger partial charge on any atom is -0.508 e. The monoisotopic (exact) mass is 434 g/mol. The molecule has 166 valence electrons. The van der Waals surface area contributed by atoms with Crippen molar-refractivity contribution in [3.63, 3.8) is 0 Å². The standard InChI is InChI=1S/C31H30O2/c1-3-7-22-17-21(11-15-29(22)32)26-13-14-27-25-10-6-5-9-20(25)19-28(27)31(26)24-12-16-30(33)23(18-24)8-4-2/h5-6,9-18,32-33H,3-4,7-8,19H2,1-2H3. The van der Waals surface area contributed by atoms with Gasteiger partial charge in [0.05, 0.1) is 0 Å². The second-order valence-corrected chi connectivity index (χ2v) is 9.04. The van der Waals surface area contributed by atoms with Crippen molar-refractivity contribution in [2.45, 2.75) is 46.0 Å². The first-order chi connectivity index (χ1) is 16.1. The van der Waals surface area contributed by atoms with E-state index >= 15 is 0 Å². The van der Waals surface area contributed by atoms with Gasteiger partial charge in [0.15, 0.2) is 0 Å². The fraction of sp³-hybridized carbons (Fsp3) is 0.226. The average Bonchev–Trinajstić information content (AvgIpc) is 3.20. The van der Waals surface area contributed by atoms with Crippen LogP contribution in [0.2, 0.25) is 0 Å². The third kappa shape index (κ3) is 3.80. The molecule has 0 amide bonds. The van der Waals surface area contributed by atoms with Gasteiger partial charge < -0.3 is 10.2 Å². The van der Waals surface area contributed by atoms with Gasteiger partial charge in [0.2, 0.25) is 0 Å². The van der Waals surface area contributed by atoms with Gasteiger partial charge in [-0.2, -0.15) is 0 Å². The molecule has 5 rings (SSSR count). The molecule has 2 N–H and O–H groups in total. The number of phenolic OH excluding ortho intramolecular Hbond substituents is 2. The molecule has 0 fully saturated rings. The van der Waals surface area contributed by atoms with Crippen LogP contribution in [-0.2, 0) is 19.3 Å². The molecule has 0 bridgehead atoms. The molecule has 1 aliphatic carbocycles. The highest BCUT2D eigenvalue weighted by atomic mass is 16.3. The van der Waals surface area contributed by atoms with Crippen LogP contribution in [0.4, 0.5) is 0 Å². The van der Waals surface area contributed by atoms with Crippen LogP contribution in [0.1, 0.15) is 48.9 Å². The Morgan fingerprint density at radius 1 is 0.636 bits per heavy atom. The van der Waals surface area contributed by atoms with Crippen molar-refractivity contribution in [3.8, 4) is 44.9 Å². The van der Waals surface area contributed by atoms with Crippen LogP contribution in [0, 0.1) is 0 Å². The number of benzene rings is 4. The Morgan fingerprint density at radius 2 is 1.24 bits per heavy atom. The molecule has 2 nitrogen and oxygen atoms in total. The predicted octanol–water partition coefficient (Wildman–Crippen LogP) is 7.91. The van der Waals surface area contributed by atoms with Gasteiger partial charge in [-0.3, -0.25) is 0 Å². The third-order valence-electron chi connectivity index (χ3n) is 6.79. The first-order valence-corrected chi connectivity index (χ1v) is 12.0. The summed E-state index contributed by atoms with van der Waals surface area (Å²) in [5, 5.41) is 20.8. The van der Waals surface area contributed by atoms with E-state index in [4.69, 9.17) is 0 Å². The maximum atomic E-state index is 10.4. The summed E-state index contributed by atoms with van der Waals surface area (Å²) in [6.45, 7) is 4.27. The molecule has 4 aromatic carbocycles. The number of aromatic hydroxyl groups is 2. The van der Waals surface area contributed by atoms with Crippen LogP contribution in [0.3, 0.4) is 0 Å². The molecule has 0 atom stereocenters. The lowest BCUT2D eigenvalue weighted by Crippen LogP contribution is -1.95. The molecular weight excluding hydrogens is 404 g/mol. The minimum atomic E-state index is 0.366. The second kappa shape index (κ2) is 8.78. The van der Waals surface area contributed by atoms with E-state index in [1.807, 2.05) is 24.3 Å². The smallest absolute Gasteiger partial charge is 0.118 e. The third-order valence-corrected chi connectivity index (χ3v) is 6.79. The molecule has 0 radical (unpaired) electrons. The molecule has 0 aromatic heterocycles. The van der Waals surface area contributed by atoms with E-state index in [0.29, 0.717) is 11.5 Å². The van der Waals surface area contributed by atoms with Crippen LogP contribution in [-0.4, -0.2) is 10.2 Å². The summed E-state index contributed by atoms with van der Waals surface area (Å²) in [5.74, 6) is 0.735. The number of phenols is 2. The van der Waals surface area contributed by atoms with Crippen molar-refractivity contribution in [1.29, 1.82) is 0 Å². The highest BCUT2D eigenvalue weighted by Crippen LogP contribution is 2.46. The molecule has 0 heterocycles. The van der Waals surface area contributed by atoms with E-state index in [1.54, 1.807) is 0 Å². The van der Waals surface area contributed by atoms with Gasteiger partial charge in [-0.1, -0.05) is 75.2 Å². The lowest BCUT2D eigenvalue weighted by atomic mass is 9.86. The topological polar surface area (TPSA) is 40.5 Å². The number of fused-ring (bicyclic) bond motifs is 3. The first kappa shape index (κ1) is 21.3. The lowest BCUT2D eigenvalue weighted by Gasteiger charge is -2.18. The maximum absolute atomic E-state index is 10.4. The Labute approximate surface area is 196 Å². The van der Waals surface area contributed by atoms with E-state index in [-0.39, 0.29) is 0 Å². The molecule has 0 saturated heterocycles. The zero-order valence-corrected chi connectivity index (χ0v) is 19.4. The van der Waals surface area contributed by atoms with Gasteiger partial charge in [0.1, 0.15) is 11.5 Å². The minimum absolute atomic E-state index is 0.366. The number of rotatable bonds is 6. The fourth-order valence-electron chi connectivity index (χ4n) is 5.21. The molecule has 33 heavy (non-hydrogen) atoms. The molecule has 0 saturated carbocycles. The van der Waals surface area contributed by atoms with E-state index in [9.17, 15) is 10.2 Å². The second-order valence-electron chi connectivity index (χ2n) is 9.04.